The second kappa shape index (κ2) is 5.00. The van der Waals surface area contributed by atoms with Gasteiger partial charge in [0.25, 0.3) is 0 Å². The molecule has 0 radical (unpaired) electrons. The molecule has 3 nitrogen and oxygen atoms in total. The van der Waals surface area contributed by atoms with Crippen molar-refractivity contribution in [3.8, 4) is 5.75 Å². The van der Waals surface area contributed by atoms with E-state index in [-0.39, 0.29) is 17.5 Å². The summed E-state index contributed by atoms with van der Waals surface area (Å²) < 4.78 is 24.9. The van der Waals surface area contributed by atoms with Gasteiger partial charge >= 0.3 is 0 Å². The van der Waals surface area contributed by atoms with Crippen LogP contribution in [0.2, 0.25) is 0 Å². The van der Waals surface area contributed by atoms with Gasteiger partial charge in [-0.1, -0.05) is 12.8 Å². The summed E-state index contributed by atoms with van der Waals surface area (Å²) in [6.45, 7) is 0.454. The fourth-order valence-electron chi connectivity index (χ4n) is 3.22. The second-order valence-corrected chi connectivity index (χ2v) is 5.66. The minimum atomic E-state index is -0.330. The first-order chi connectivity index (χ1) is 9.17. The van der Waals surface area contributed by atoms with Crippen molar-refractivity contribution in [2.45, 2.75) is 50.2 Å². The largest absolute Gasteiger partial charge is 0.489 e. The molecule has 1 heterocycles. The first-order valence-electron chi connectivity index (χ1n) is 7.03. The summed E-state index contributed by atoms with van der Waals surface area (Å²) in [5.74, 6) is 0.0831. The monoisotopic (exact) mass is 265 g/mol. The average molecular weight is 265 g/mol. The van der Waals surface area contributed by atoms with Gasteiger partial charge in [-0.2, -0.15) is 0 Å². The summed E-state index contributed by atoms with van der Waals surface area (Å²) in [4.78, 5) is 0. The van der Waals surface area contributed by atoms with Gasteiger partial charge in [0.1, 0.15) is 18.2 Å². The van der Waals surface area contributed by atoms with Crippen LogP contribution >= 0.6 is 0 Å². The molecule has 1 saturated carbocycles. The van der Waals surface area contributed by atoms with Crippen LogP contribution in [0.5, 0.6) is 5.75 Å². The molecule has 1 aliphatic carbocycles. The zero-order valence-electron chi connectivity index (χ0n) is 11.0. The van der Waals surface area contributed by atoms with Gasteiger partial charge in [-0.15, -0.1) is 0 Å². The number of nitrogens with two attached hydrogens (primary N) is 1. The zero-order valence-corrected chi connectivity index (χ0v) is 11.0. The number of benzene rings is 1. The molecule has 0 aromatic heterocycles. The molecular weight excluding hydrogens is 245 g/mol. The van der Waals surface area contributed by atoms with Crippen molar-refractivity contribution < 1.29 is 13.9 Å². The summed E-state index contributed by atoms with van der Waals surface area (Å²) in [6, 6.07) is 4.19. The van der Waals surface area contributed by atoms with E-state index in [0.29, 0.717) is 18.0 Å². The Morgan fingerprint density at radius 3 is 2.89 bits per heavy atom. The van der Waals surface area contributed by atoms with Crippen LogP contribution < -0.4 is 10.5 Å². The van der Waals surface area contributed by atoms with Crippen LogP contribution in [0.3, 0.4) is 0 Å². The van der Waals surface area contributed by atoms with Gasteiger partial charge in [0.15, 0.2) is 0 Å². The fraction of sp³-hybridized carbons (Fsp3) is 0.600. The Labute approximate surface area is 112 Å². The topological polar surface area (TPSA) is 44.5 Å². The predicted molar refractivity (Wildman–Crippen MR) is 71.6 cm³/mol. The molecule has 2 aliphatic rings. The Bertz CT molecular complexity index is 457. The molecule has 2 fully saturated rings. The van der Waals surface area contributed by atoms with E-state index in [4.69, 9.17) is 15.2 Å². The van der Waals surface area contributed by atoms with Gasteiger partial charge < -0.3 is 15.2 Å². The van der Waals surface area contributed by atoms with E-state index in [1.54, 1.807) is 0 Å². The smallest absolute Gasteiger partial charge is 0.145 e. The van der Waals surface area contributed by atoms with E-state index in [1.165, 1.54) is 43.9 Å². The highest BCUT2D eigenvalue weighted by molar-refractivity contribution is 5.52. The van der Waals surface area contributed by atoms with Crippen LogP contribution in [0.1, 0.15) is 38.5 Å². The van der Waals surface area contributed by atoms with E-state index in [1.807, 2.05) is 0 Å². The van der Waals surface area contributed by atoms with E-state index in [0.717, 1.165) is 12.8 Å². The molecule has 3 rings (SSSR count). The van der Waals surface area contributed by atoms with Crippen LogP contribution in [0.4, 0.5) is 10.1 Å². The maximum absolute atomic E-state index is 13.1. The SMILES string of the molecule is Nc1ccc(F)cc1OCC1CCC2(CCCC2)O1. The molecule has 1 aromatic carbocycles. The highest BCUT2D eigenvalue weighted by Crippen LogP contribution is 2.43. The average Bonchev–Trinajstić information content (AvgIpc) is 3.02. The maximum atomic E-state index is 13.1. The predicted octanol–water partition coefficient (Wildman–Crippen LogP) is 3.28. The van der Waals surface area contributed by atoms with E-state index >= 15 is 0 Å². The first kappa shape index (κ1) is 12.7. The lowest BCUT2D eigenvalue weighted by Crippen LogP contribution is -2.27. The lowest BCUT2D eigenvalue weighted by molar-refractivity contribution is -0.0508. The van der Waals surface area contributed by atoms with Crippen molar-refractivity contribution in [1.29, 1.82) is 0 Å². The van der Waals surface area contributed by atoms with Crippen molar-refractivity contribution in [3.63, 3.8) is 0 Å². The van der Waals surface area contributed by atoms with Crippen LogP contribution in [-0.4, -0.2) is 18.3 Å². The minimum absolute atomic E-state index is 0.112. The Morgan fingerprint density at radius 2 is 2.11 bits per heavy atom. The third kappa shape index (κ3) is 2.68. The van der Waals surface area contributed by atoms with Gasteiger partial charge in [0.05, 0.1) is 17.4 Å². The summed E-state index contributed by atoms with van der Waals surface area (Å²) >= 11 is 0. The summed E-state index contributed by atoms with van der Waals surface area (Å²) in [5, 5.41) is 0. The van der Waals surface area contributed by atoms with Crippen LogP contribution in [0.25, 0.3) is 0 Å². The Balaban J connectivity index is 1.57. The van der Waals surface area contributed by atoms with Gasteiger partial charge in [-0.25, -0.2) is 4.39 Å². The van der Waals surface area contributed by atoms with E-state index in [9.17, 15) is 4.39 Å². The van der Waals surface area contributed by atoms with E-state index in [2.05, 4.69) is 0 Å². The summed E-state index contributed by atoms with van der Waals surface area (Å²) in [6.07, 6.45) is 7.14. The van der Waals surface area contributed by atoms with Crippen molar-refractivity contribution in [3.05, 3.63) is 24.0 Å². The molecule has 1 aliphatic heterocycles. The Kier molecular flexibility index (Phi) is 3.35. The normalized spacial score (nSPS) is 25.0. The number of hydrogen-bond donors (Lipinski definition) is 1. The van der Waals surface area contributed by atoms with Crippen molar-refractivity contribution in [2.75, 3.05) is 12.3 Å². The Hall–Kier alpha value is -1.29. The summed E-state index contributed by atoms with van der Waals surface area (Å²) in [7, 11) is 0. The van der Waals surface area contributed by atoms with E-state index < -0.39 is 0 Å². The molecule has 4 heteroatoms. The maximum Gasteiger partial charge on any atom is 0.145 e. The van der Waals surface area contributed by atoms with Crippen molar-refractivity contribution in [1.82, 2.24) is 0 Å². The quantitative estimate of drug-likeness (QED) is 0.853. The lowest BCUT2D eigenvalue weighted by atomic mass is 9.98. The first-order valence-corrected chi connectivity index (χ1v) is 7.03. The van der Waals surface area contributed by atoms with Crippen LogP contribution in [0.15, 0.2) is 18.2 Å². The number of rotatable bonds is 3. The number of hydrogen-bond acceptors (Lipinski definition) is 3. The molecule has 1 saturated heterocycles. The van der Waals surface area contributed by atoms with Crippen LogP contribution in [0, 0.1) is 5.82 Å². The van der Waals surface area contributed by atoms with Crippen molar-refractivity contribution >= 4 is 5.69 Å². The van der Waals surface area contributed by atoms with Gasteiger partial charge in [0, 0.05) is 6.07 Å². The third-order valence-electron chi connectivity index (χ3n) is 4.25. The zero-order chi connectivity index (χ0) is 13.3. The summed E-state index contributed by atoms with van der Waals surface area (Å²) in [5.41, 5.74) is 6.34. The molecule has 0 bridgehead atoms. The molecule has 1 unspecified atom stereocenters. The highest BCUT2D eigenvalue weighted by atomic mass is 19.1. The fourth-order valence-corrected chi connectivity index (χ4v) is 3.22. The number of ether oxygens (including phenoxy) is 2. The van der Waals surface area contributed by atoms with Gasteiger partial charge in [-0.3, -0.25) is 0 Å². The molecule has 0 amide bonds. The molecule has 1 aromatic rings. The third-order valence-corrected chi connectivity index (χ3v) is 4.25. The lowest BCUT2D eigenvalue weighted by Gasteiger charge is -2.23. The molecule has 104 valence electrons. The second-order valence-electron chi connectivity index (χ2n) is 5.66. The minimum Gasteiger partial charge on any atom is -0.489 e. The molecule has 1 spiro atoms. The molecule has 1 atom stereocenters. The molecule has 19 heavy (non-hydrogen) atoms. The molecule has 2 N–H and O–H groups in total. The van der Waals surface area contributed by atoms with Gasteiger partial charge in [0.2, 0.25) is 0 Å². The van der Waals surface area contributed by atoms with Crippen molar-refractivity contribution in [2.24, 2.45) is 0 Å². The van der Waals surface area contributed by atoms with Crippen LogP contribution in [-0.2, 0) is 4.74 Å². The number of halogens is 1. The number of anilines is 1. The molecular formula is C15H20FNO2. The Morgan fingerprint density at radius 1 is 1.32 bits per heavy atom. The highest BCUT2D eigenvalue weighted by Gasteiger charge is 2.42. The van der Waals surface area contributed by atoms with Gasteiger partial charge in [-0.05, 0) is 37.8 Å². The standard InChI is InChI=1S/C15H20FNO2/c16-11-3-4-13(17)14(9-11)18-10-12-5-8-15(19-12)6-1-2-7-15/h3-4,9,12H,1-2,5-8,10,17H2. The number of nitrogen functional groups attached to an aromatic ring is 1.